The maximum absolute atomic E-state index is 11.9. The molecule has 0 saturated heterocycles. The molecule has 2 heterocycles. The van der Waals surface area contributed by atoms with Crippen molar-refractivity contribution < 1.29 is 14.7 Å². The van der Waals surface area contributed by atoms with E-state index in [1.54, 1.807) is 6.07 Å². The van der Waals surface area contributed by atoms with Crippen LogP contribution in [0.4, 0.5) is 0 Å². The smallest absolute Gasteiger partial charge is 0.395 e. The topological polar surface area (TPSA) is 71.3 Å². The summed E-state index contributed by atoms with van der Waals surface area (Å²) < 4.78 is 2.23. The molecule has 1 aliphatic heterocycles. The molecule has 2 N–H and O–H groups in total. The number of aromatic nitrogens is 1. The third-order valence-corrected chi connectivity index (χ3v) is 3.87. The van der Waals surface area contributed by atoms with Gasteiger partial charge in [-0.3, -0.25) is 9.36 Å². The van der Waals surface area contributed by atoms with Crippen LogP contribution in [0.15, 0.2) is 22.7 Å². The molecule has 6 heteroatoms. The van der Waals surface area contributed by atoms with Gasteiger partial charge < -0.3 is 10.4 Å². The summed E-state index contributed by atoms with van der Waals surface area (Å²) in [5.41, 5.74) is 2.47. The Morgan fingerprint density at radius 1 is 1.37 bits per heavy atom. The van der Waals surface area contributed by atoms with Crippen molar-refractivity contribution in [3.05, 3.63) is 33.9 Å². The van der Waals surface area contributed by atoms with Crippen LogP contribution in [-0.4, -0.2) is 28.1 Å². The Hall–Kier alpha value is -1.66. The number of nitrogens with one attached hydrogen (secondary N) is 1. The van der Waals surface area contributed by atoms with Crippen LogP contribution in [0, 0.1) is 0 Å². The standard InChI is InChI=1S/C13H11BrN2O3/c14-7-1-2-10-9(5-7)8-3-4-15-6-11(8)16(10)12(17)13(18)19/h1-2,5,15H,3-4,6H2,(H,18,19). The fraction of sp³-hybridized carbons (Fsp3) is 0.231. The lowest BCUT2D eigenvalue weighted by Gasteiger charge is -2.15. The molecular weight excluding hydrogens is 312 g/mol. The van der Waals surface area contributed by atoms with Crippen molar-refractivity contribution in [3.63, 3.8) is 0 Å². The summed E-state index contributed by atoms with van der Waals surface area (Å²) in [6.07, 6.45) is 0.794. The van der Waals surface area contributed by atoms with Crippen LogP contribution in [0.3, 0.4) is 0 Å². The third kappa shape index (κ3) is 1.87. The molecule has 0 aliphatic carbocycles. The Balaban J connectivity index is 2.36. The number of nitrogens with zero attached hydrogens (tertiary/aromatic N) is 1. The molecule has 0 radical (unpaired) electrons. The number of carboxylic acids is 1. The van der Waals surface area contributed by atoms with E-state index in [-0.39, 0.29) is 0 Å². The minimum absolute atomic E-state index is 0.515. The SMILES string of the molecule is O=C(O)C(=O)n1c2c(c3cc(Br)ccc31)CCNC2. The molecule has 2 aromatic rings. The molecule has 0 unspecified atom stereocenters. The Bertz CT molecular complexity index is 705. The maximum atomic E-state index is 11.9. The summed E-state index contributed by atoms with van der Waals surface area (Å²) in [7, 11) is 0. The van der Waals surface area contributed by atoms with Crippen molar-refractivity contribution in [2.24, 2.45) is 0 Å². The molecule has 5 nitrogen and oxygen atoms in total. The molecule has 0 spiro atoms. The number of carboxylic acid groups (broad SMARTS) is 1. The number of aliphatic carboxylic acids is 1. The minimum atomic E-state index is -1.44. The molecule has 1 aromatic heterocycles. The van der Waals surface area contributed by atoms with E-state index in [0.29, 0.717) is 12.1 Å². The molecule has 0 saturated carbocycles. The van der Waals surface area contributed by atoms with Gasteiger partial charge in [0.25, 0.3) is 0 Å². The number of carbonyl (C=O) groups is 2. The van der Waals surface area contributed by atoms with Crippen LogP contribution >= 0.6 is 15.9 Å². The minimum Gasteiger partial charge on any atom is -0.474 e. The molecule has 0 bridgehead atoms. The zero-order chi connectivity index (χ0) is 13.6. The number of carbonyl (C=O) groups excluding carboxylic acids is 1. The van der Waals surface area contributed by atoms with Crippen molar-refractivity contribution in [3.8, 4) is 0 Å². The van der Waals surface area contributed by atoms with E-state index in [0.717, 1.165) is 34.1 Å². The van der Waals surface area contributed by atoms with Gasteiger partial charge in [0.2, 0.25) is 0 Å². The van der Waals surface area contributed by atoms with Crippen LogP contribution in [0.1, 0.15) is 16.1 Å². The van der Waals surface area contributed by atoms with Gasteiger partial charge in [-0.2, -0.15) is 0 Å². The number of hydrogen-bond donors (Lipinski definition) is 2. The normalized spacial score (nSPS) is 14.4. The van der Waals surface area contributed by atoms with Gasteiger partial charge in [-0.1, -0.05) is 15.9 Å². The van der Waals surface area contributed by atoms with Crippen molar-refractivity contribution in [2.45, 2.75) is 13.0 Å². The lowest BCUT2D eigenvalue weighted by atomic mass is 10.1. The lowest BCUT2D eigenvalue weighted by molar-refractivity contribution is -0.132. The first-order chi connectivity index (χ1) is 9.09. The van der Waals surface area contributed by atoms with Crippen molar-refractivity contribution in [2.75, 3.05) is 6.54 Å². The summed E-state index contributed by atoms with van der Waals surface area (Å²) in [6, 6.07) is 5.52. The van der Waals surface area contributed by atoms with E-state index >= 15 is 0 Å². The van der Waals surface area contributed by atoms with E-state index in [1.807, 2.05) is 12.1 Å². The summed E-state index contributed by atoms with van der Waals surface area (Å²) in [6.45, 7) is 1.35. The molecule has 0 fully saturated rings. The molecule has 1 aromatic carbocycles. The molecule has 0 amide bonds. The van der Waals surface area contributed by atoms with Gasteiger partial charge in [-0.05, 0) is 36.7 Å². The monoisotopic (exact) mass is 322 g/mol. The first kappa shape index (κ1) is 12.4. The number of fused-ring (bicyclic) bond motifs is 3. The quantitative estimate of drug-likeness (QED) is 0.725. The largest absolute Gasteiger partial charge is 0.474 e. The number of hydrogen-bond acceptors (Lipinski definition) is 3. The second-order valence-electron chi connectivity index (χ2n) is 4.46. The second-order valence-corrected chi connectivity index (χ2v) is 5.37. The predicted octanol–water partition coefficient (Wildman–Crippen LogP) is 1.77. The molecular formula is C13H11BrN2O3. The molecule has 19 heavy (non-hydrogen) atoms. The number of rotatable bonds is 0. The van der Waals surface area contributed by atoms with Gasteiger partial charge in [-0.25, -0.2) is 4.79 Å². The Morgan fingerprint density at radius 2 is 2.16 bits per heavy atom. The Labute approximate surface area is 117 Å². The number of benzene rings is 1. The Morgan fingerprint density at radius 3 is 2.89 bits per heavy atom. The molecule has 98 valence electrons. The highest BCUT2D eigenvalue weighted by Crippen LogP contribution is 2.30. The van der Waals surface area contributed by atoms with E-state index < -0.39 is 11.9 Å². The second kappa shape index (κ2) is 4.47. The summed E-state index contributed by atoms with van der Waals surface area (Å²) in [5, 5.41) is 13.1. The van der Waals surface area contributed by atoms with Gasteiger partial charge in [-0.15, -0.1) is 0 Å². The summed E-state index contributed by atoms with van der Waals surface area (Å²) in [5.74, 6) is -2.34. The fourth-order valence-electron chi connectivity index (χ4n) is 2.59. The molecule has 0 atom stereocenters. The lowest BCUT2D eigenvalue weighted by Crippen LogP contribution is -2.29. The zero-order valence-electron chi connectivity index (χ0n) is 9.94. The first-order valence-electron chi connectivity index (χ1n) is 5.89. The van der Waals surface area contributed by atoms with Gasteiger partial charge in [0.05, 0.1) is 5.52 Å². The van der Waals surface area contributed by atoms with Gasteiger partial charge in [0.1, 0.15) is 0 Å². The summed E-state index contributed by atoms with van der Waals surface area (Å²) in [4.78, 5) is 22.9. The summed E-state index contributed by atoms with van der Waals surface area (Å²) >= 11 is 3.41. The predicted molar refractivity (Wildman–Crippen MR) is 73.3 cm³/mol. The average Bonchev–Trinajstić information content (AvgIpc) is 2.72. The van der Waals surface area contributed by atoms with Gasteiger partial charge in [0, 0.05) is 22.1 Å². The van der Waals surface area contributed by atoms with E-state index in [4.69, 9.17) is 5.11 Å². The van der Waals surface area contributed by atoms with Gasteiger partial charge in [0.15, 0.2) is 0 Å². The van der Waals surface area contributed by atoms with Crippen LogP contribution in [0.25, 0.3) is 10.9 Å². The molecule has 1 aliphatic rings. The number of halogens is 1. The van der Waals surface area contributed by atoms with Crippen molar-refractivity contribution in [1.82, 2.24) is 9.88 Å². The highest BCUT2D eigenvalue weighted by atomic mass is 79.9. The Kier molecular flexibility index (Phi) is 2.91. The van der Waals surface area contributed by atoms with E-state index in [2.05, 4.69) is 21.2 Å². The highest BCUT2D eigenvalue weighted by molar-refractivity contribution is 9.10. The van der Waals surface area contributed by atoms with Crippen LogP contribution in [-0.2, 0) is 17.8 Å². The van der Waals surface area contributed by atoms with Crippen molar-refractivity contribution >= 4 is 38.7 Å². The van der Waals surface area contributed by atoms with Gasteiger partial charge >= 0.3 is 11.9 Å². The van der Waals surface area contributed by atoms with E-state index in [1.165, 1.54) is 4.57 Å². The van der Waals surface area contributed by atoms with Crippen LogP contribution < -0.4 is 5.32 Å². The van der Waals surface area contributed by atoms with E-state index in [9.17, 15) is 9.59 Å². The third-order valence-electron chi connectivity index (χ3n) is 3.37. The van der Waals surface area contributed by atoms with Crippen LogP contribution in [0.5, 0.6) is 0 Å². The maximum Gasteiger partial charge on any atom is 0.395 e. The zero-order valence-corrected chi connectivity index (χ0v) is 11.5. The molecule has 3 rings (SSSR count). The first-order valence-corrected chi connectivity index (χ1v) is 6.69. The highest BCUT2D eigenvalue weighted by Gasteiger charge is 2.26. The van der Waals surface area contributed by atoms with Crippen LogP contribution in [0.2, 0.25) is 0 Å². The van der Waals surface area contributed by atoms with Crippen molar-refractivity contribution in [1.29, 1.82) is 0 Å². The average molecular weight is 323 g/mol. The fourth-order valence-corrected chi connectivity index (χ4v) is 2.95.